The average molecular weight is 235 g/mol. The summed E-state index contributed by atoms with van der Waals surface area (Å²) in [5, 5.41) is 0. The Labute approximate surface area is 74.9 Å². The molecule has 0 saturated carbocycles. The van der Waals surface area contributed by atoms with E-state index >= 15 is 0 Å². The molecule has 39 valence electrons. The summed E-state index contributed by atoms with van der Waals surface area (Å²) in [7, 11) is 0. The van der Waals surface area contributed by atoms with Gasteiger partial charge < -0.3 is 4.42 Å². The molecule has 1 aromatic heterocycles. The Hall–Kier alpha value is 0.145. The Kier molecular flexibility index (Phi) is 4.14. The van der Waals surface area contributed by atoms with Gasteiger partial charge in [0.1, 0.15) is 0 Å². The first-order valence-electron chi connectivity index (χ1n) is 1.92. The molecule has 0 spiro atoms. The van der Waals surface area contributed by atoms with E-state index in [1.54, 1.807) is 12.1 Å². The standard InChI is InChI=1S/C5H4O2.La/c6-4-5-2-1-3-7-5;/h1-4H;. The summed E-state index contributed by atoms with van der Waals surface area (Å²) < 4.78 is 4.61. The zero-order chi connectivity index (χ0) is 5.11. The van der Waals surface area contributed by atoms with Crippen LogP contribution in [-0.4, -0.2) is 6.29 Å². The second-order valence-corrected chi connectivity index (χ2v) is 1.13. The molecule has 0 bridgehead atoms. The normalized spacial score (nSPS) is 7.50. The molecule has 1 aromatic rings. The van der Waals surface area contributed by atoms with E-state index in [0.717, 1.165) is 0 Å². The summed E-state index contributed by atoms with van der Waals surface area (Å²) in [4.78, 5) is 9.77. The molecule has 0 aliphatic rings. The number of hydrogen-bond acceptors (Lipinski definition) is 2. The maximum atomic E-state index is 9.77. The number of furan rings is 1. The van der Waals surface area contributed by atoms with Crippen LogP contribution in [0.15, 0.2) is 22.8 Å². The predicted octanol–water partition coefficient (Wildman–Crippen LogP) is 1.09. The van der Waals surface area contributed by atoms with Crippen molar-refractivity contribution >= 4 is 6.29 Å². The van der Waals surface area contributed by atoms with Gasteiger partial charge in [0, 0.05) is 35.6 Å². The van der Waals surface area contributed by atoms with Crippen molar-refractivity contribution in [2.75, 3.05) is 0 Å². The quantitative estimate of drug-likeness (QED) is 0.682. The molecule has 0 amide bonds. The zero-order valence-corrected chi connectivity index (χ0v) is 7.83. The molecule has 0 aromatic carbocycles. The van der Waals surface area contributed by atoms with E-state index in [9.17, 15) is 4.79 Å². The van der Waals surface area contributed by atoms with Gasteiger partial charge in [-0.25, -0.2) is 0 Å². The van der Waals surface area contributed by atoms with E-state index in [2.05, 4.69) is 4.42 Å². The van der Waals surface area contributed by atoms with Crippen molar-refractivity contribution < 1.29 is 44.8 Å². The van der Waals surface area contributed by atoms with Gasteiger partial charge in [0.05, 0.1) is 6.26 Å². The molecule has 1 rings (SSSR count). The minimum absolute atomic E-state index is 0. The Balaban J connectivity index is 0.000000490. The van der Waals surface area contributed by atoms with Crippen molar-refractivity contribution in [2.24, 2.45) is 0 Å². The van der Waals surface area contributed by atoms with Crippen LogP contribution in [0.2, 0.25) is 0 Å². The van der Waals surface area contributed by atoms with E-state index in [-0.39, 0.29) is 35.6 Å². The van der Waals surface area contributed by atoms with Gasteiger partial charge in [0.15, 0.2) is 12.0 Å². The summed E-state index contributed by atoms with van der Waals surface area (Å²) in [6.45, 7) is 0. The van der Waals surface area contributed by atoms with Crippen LogP contribution in [0.4, 0.5) is 0 Å². The monoisotopic (exact) mass is 235 g/mol. The number of aldehydes is 1. The molecule has 0 aliphatic carbocycles. The first-order valence-corrected chi connectivity index (χ1v) is 1.92. The van der Waals surface area contributed by atoms with Crippen LogP contribution in [0.1, 0.15) is 10.6 Å². The molecule has 0 fully saturated rings. The molecule has 0 saturated heterocycles. The number of hydrogen-bond donors (Lipinski definition) is 0. The Bertz CT molecular complexity index is 145. The van der Waals surface area contributed by atoms with Crippen LogP contribution < -0.4 is 0 Å². The molecular weight excluding hydrogens is 231 g/mol. The smallest absolute Gasteiger partial charge is 0.185 e. The van der Waals surface area contributed by atoms with Crippen molar-refractivity contribution in [3.63, 3.8) is 0 Å². The van der Waals surface area contributed by atoms with Gasteiger partial charge in [0.25, 0.3) is 0 Å². The van der Waals surface area contributed by atoms with Crippen LogP contribution in [-0.2, 0) is 0 Å². The van der Waals surface area contributed by atoms with E-state index in [0.29, 0.717) is 12.0 Å². The van der Waals surface area contributed by atoms with E-state index in [1.165, 1.54) is 6.26 Å². The minimum Gasteiger partial charge on any atom is -0.462 e. The molecule has 0 aliphatic heterocycles. The number of carbonyl (C=O) groups excluding carboxylic acids is 1. The van der Waals surface area contributed by atoms with Crippen molar-refractivity contribution in [3.05, 3.63) is 24.2 Å². The fourth-order valence-electron chi connectivity index (χ4n) is 0.358. The third kappa shape index (κ3) is 1.94. The van der Waals surface area contributed by atoms with Gasteiger partial charge in [-0.1, -0.05) is 0 Å². The zero-order valence-electron chi connectivity index (χ0n) is 4.20. The Morgan fingerprint density at radius 2 is 2.38 bits per heavy atom. The number of rotatable bonds is 1. The van der Waals surface area contributed by atoms with E-state index in [4.69, 9.17) is 0 Å². The van der Waals surface area contributed by atoms with Gasteiger partial charge in [-0.15, -0.1) is 0 Å². The van der Waals surface area contributed by atoms with E-state index in [1.807, 2.05) is 0 Å². The average Bonchev–Trinajstić information content (AvgIpc) is 2.14. The molecule has 0 N–H and O–H groups in total. The topological polar surface area (TPSA) is 30.2 Å². The third-order valence-corrected chi connectivity index (χ3v) is 0.659. The maximum Gasteiger partial charge on any atom is 0.185 e. The van der Waals surface area contributed by atoms with Gasteiger partial charge >= 0.3 is 0 Å². The van der Waals surface area contributed by atoms with Crippen LogP contribution >= 0.6 is 0 Å². The molecule has 1 heterocycles. The van der Waals surface area contributed by atoms with Gasteiger partial charge in [-0.2, -0.15) is 0 Å². The summed E-state index contributed by atoms with van der Waals surface area (Å²) >= 11 is 0. The van der Waals surface area contributed by atoms with E-state index < -0.39 is 0 Å². The Morgan fingerprint density at radius 3 is 2.62 bits per heavy atom. The Morgan fingerprint density at radius 1 is 1.62 bits per heavy atom. The third-order valence-electron chi connectivity index (χ3n) is 0.659. The predicted molar refractivity (Wildman–Crippen MR) is 24.1 cm³/mol. The first kappa shape index (κ1) is 8.14. The largest absolute Gasteiger partial charge is 0.462 e. The number of carbonyl (C=O) groups is 1. The molecular formula is C5H4LaO2. The second-order valence-electron chi connectivity index (χ2n) is 1.13. The SMILES string of the molecule is O=Cc1ccco1.[La]. The molecule has 3 heteroatoms. The summed E-state index contributed by atoms with van der Waals surface area (Å²) in [5.41, 5.74) is 0. The fourth-order valence-corrected chi connectivity index (χ4v) is 0.358. The summed E-state index contributed by atoms with van der Waals surface area (Å²) in [6.07, 6.45) is 2.13. The molecule has 0 unspecified atom stereocenters. The van der Waals surface area contributed by atoms with Crippen LogP contribution in [0, 0.1) is 35.6 Å². The van der Waals surface area contributed by atoms with Gasteiger partial charge in [0.2, 0.25) is 0 Å². The fraction of sp³-hybridized carbons (Fsp3) is 0. The van der Waals surface area contributed by atoms with Gasteiger partial charge in [-0.05, 0) is 12.1 Å². The first-order chi connectivity index (χ1) is 3.43. The van der Waals surface area contributed by atoms with Crippen molar-refractivity contribution in [3.8, 4) is 0 Å². The molecule has 1 radical (unpaired) electrons. The minimum atomic E-state index is 0. The molecule has 0 atom stereocenters. The van der Waals surface area contributed by atoms with Crippen molar-refractivity contribution in [1.29, 1.82) is 0 Å². The maximum absolute atomic E-state index is 9.77. The van der Waals surface area contributed by atoms with Crippen molar-refractivity contribution in [1.82, 2.24) is 0 Å². The molecule has 8 heavy (non-hydrogen) atoms. The van der Waals surface area contributed by atoms with Crippen molar-refractivity contribution in [2.45, 2.75) is 0 Å². The van der Waals surface area contributed by atoms with Gasteiger partial charge in [-0.3, -0.25) is 4.79 Å². The second kappa shape index (κ2) is 4.07. The van der Waals surface area contributed by atoms with Crippen LogP contribution in [0.25, 0.3) is 0 Å². The van der Waals surface area contributed by atoms with Crippen LogP contribution in [0.5, 0.6) is 0 Å². The van der Waals surface area contributed by atoms with Crippen LogP contribution in [0.3, 0.4) is 0 Å². The molecule has 2 nitrogen and oxygen atoms in total. The summed E-state index contributed by atoms with van der Waals surface area (Å²) in [5.74, 6) is 0.375. The summed E-state index contributed by atoms with van der Waals surface area (Å²) in [6, 6.07) is 3.27.